The van der Waals surface area contributed by atoms with Crippen molar-refractivity contribution in [3.05, 3.63) is 35.2 Å². The molecule has 1 nitrogen and oxygen atoms in total. The number of benzene rings is 1. The second-order valence-corrected chi connectivity index (χ2v) is 7.01. The van der Waals surface area contributed by atoms with E-state index in [1.807, 2.05) is 11.3 Å². The van der Waals surface area contributed by atoms with E-state index in [-0.39, 0.29) is 0 Å². The minimum Gasteiger partial charge on any atom is -0.314 e. The quantitative estimate of drug-likeness (QED) is 0.819. The Labute approximate surface area is 120 Å². The zero-order chi connectivity index (χ0) is 13.2. The number of hydrogen-bond donors (Lipinski definition) is 1. The first-order valence-corrected chi connectivity index (χ1v) is 8.30. The summed E-state index contributed by atoms with van der Waals surface area (Å²) < 4.78 is 1.42. The third-order valence-electron chi connectivity index (χ3n) is 4.38. The molecule has 0 aliphatic heterocycles. The fourth-order valence-electron chi connectivity index (χ4n) is 2.58. The minimum absolute atomic E-state index is 0.740. The van der Waals surface area contributed by atoms with E-state index < -0.39 is 0 Å². The van der Waals surface area contributed by atoms with Gasteiger partial charge in [-0.05, 0) is 60.0 Å². The SMILES string of the molecule is CC(CNC1CC1)C(C)Cc1csc2ccccc12. The van der Waals surface area contributed by atoms with Crippen LogP contribution in [0.2, 0.25) is 0 Å². The first kappa shape index (κ1) is 13.1. The number of hydrogen-bond acceptors (Lipinski definition) is 2. The van der Waals surface area contributed by atoms with Gasteiger partial charge in [0.25, 0.3) is 0 Å². The van der Waals surface area contributed by atoms with Crippen LogP contribution >= 0.6 is 11.3 Å². The number of rotatable bonds is 6. The Morgan fingerprint density at radius 2 is 2.00 bits per heavy atom. The van der Waals surface area contributed by atoms with Crippen molar-refractivity contribution in [3.63, 3.8) is 0 Å². The topological polar surface area (TPSA) is 12.0 Å². The summed E-state index contributed by atoms with van der Waals surface area (Å²) >= 11 is 1.88. The summed E-state index contributed by atoms with van der Waals surface area (Å²) in [5.41, 5.74) is 1.53. The van der Waals surface area contributed by atoms with Crippen molar-refractivity contribution in [3.8, 4) is 0 Å². The molecule has 2 unspecified atom stereocenters. The molecule has 102 valence electrons. The van der Waals surface area contributed by atoms with Crippen molar-refractivity contribution < 1.29 is 0 Å². The van der Waals surface area contributed by atoms with E-state index in [0.29, 0.717) is 0 Å². The molecule has 0 saturated heterocycles. The molecule has 0 amide bonds. The fourth-order valence-corrected chi connectivity index (χ4v) is 3.56. The van der Waals surface area contributed by atoms with Gasteiger partial charge in [-0.15, -0.1) is 11.3 Å². The smallest absolute Gasteiger partial charge is 0.0345 e. The second kappa shape index (κ2) is 5.64. The maximum Gasteiger partial charge on any atom is 0.0345 e. The third-order valence-corrected chi connectivity index (χ3v) is 5.39. The molecule has 1 heterocycles. The summed E-state index contributed by atoms with van der Waals surface area (Å²) in [7, 11) is 0. The molecule has 2 aromatic rings. The maximum atomic E-state index is 3.66. The lowest BCUT2D eigenvalue weighted by molar-refractivity contribution is 0.365. The predicted molar refractivity (Wildman–Crippen MR) is 84.9 cm³/mol. The number of nitrogens with one attached hydrogen (secondary N) is 1. The summed E-state index contributed by atoms with van der Waals surface area (Å²) in [5, 5.41) is 7.47. The fraction of sp³-hybridized carbons (Fsp3) is 0.529. The molecular weight excluding hydrogens is 250 g/mol. The standard InChI is InChI=1S/C17H23NS/c1-12(13(2)10-18-15-7-8-15)9-14-11-19-17-6-4-3-5-16(14)17/h3-6,11-13,15,18H,7-10H2,1-2H3. The molecular formula is C17H23NS. The highest BCUT2D eigenvalue weighted by atomic mass is 32.1. The van der Waals surface area contributed by atoms with Crippen LogP contribution in [0, 0.1) is 11.8 Å². The summed E-state index contributed by atoms with van der Waals surface area (Å²) in [5.74, 6) is 1.49. The lowest BCUT2D eigenvalue weighted by Gasteiger charge is -2.20. The molecule has 1 fully saturated rings. The van der Waals surface area contributed by atoms with Crippen LogP contribution in [0.1, 0.15) is 32.3 Å². The normalized spacial score (nSPS) is 18.6. The van der Waals surface area contributed by atoms with E-state index in [1.165, 1.54) is 41.5 Å². The average molecular weight is 273 g/mol. The van der Waals surface area contributed by atoms with Gasteiger partial charge in [0.1, 0.15) is 0 Å². The summed E-state index contributed by atoms with van der Waals surface area (Å²) in [6, 6.07) is 9.61. The molecule has 1 N–H and O–H groups in total. The van der Waals surface area contributed by atoms with Crippen molar-refractivity contribution in [2.45, 2.75) is 39.2 Å². The molecule has 0 spiro atoms. The van der Waals surface area contributed by atoms with Gasteiger partial charge in [-0.1, -0.05) is 32.0 Å². The van der Waals surface area contributed by atoms with Crippen LogP contribution in [-0.4, -0.2) is 12.6 Å². The van der Waals surface area contributed by atoms with Gasteiger partial charge < -0.3 is 5.32 Å². The Morgan fingerprint density at radius 3 is 2.79 bits per heavy atom. The molecule has 1 aliphatic rings. The Kier molecular flexibility index (Phi) is 3.90. The van der Waals surface area contributed by atoms with Gasteiger partial charge in [-0.3, -0.25) is 0 Å². The highest BCUT2D eigenvalue weighted by Gasteiger charge is 2.22. The summed E-state index contributed by atoms with van der Waals surface area (Å²) in [6.07, 6.45) is 3.98. The van der Waals surface area contributed by atoms with Gasteiger partial charge in [-0.2, -0.15) is 0 Å². The molecule has 1 aliphatic carbocycles. The average Bonchev–Trinajstić information content (AvgIpc) is 3.18. The van der Waals surface area contributed by atoms with Gasteiger partial charge in [0.05, 0.1) is 0 Å². The van der Waals surface area contributed by atoms with Crippen LogP contribution in [0.25, 0.3) is 10.1 Å². The molecule has 2 atom stereocenters. The minimum atomic E-state index is 0.740. The van der Waals surface area contributed by atoms with Crippen LogP contribution in [0.15, 0.2) is 29.6 Å². The first-order valence-electron chi connectivity index (χ1n) is 7.42. The van der Waals surface area contributed by atoms with Crippen molar-refractivity contribution in [2.75, 3.05) is 6.54 Å². The lowest BCUT2D eigenvalue weighted by atomic mass is 9.89. The molecule has 3 rings (SSSR count). The summed E-state index contributed by atoms with van der Waals surface area (Å²) in [6.45, 7) is 5.95. The zero-order valence-electron chi connectivity index (χ0n) is 11.9. The van der Waals surface area contributed by atoms with Gasteiger partial charge in [0.2, 0.25) is 0 Å². The Balaban J connectivity index is 1.62. The van der Waals surface area contributed by atoms with Crippen molar-refractivity contribution >= 4 is 21.4 Å². The van der Waals surface area contributed by atoms with E-state index >= 15 is 0 Å². The van der Waals surface area contributed by atoms with Gasteiger partial charge in [0.15, 0.2) is 0 Å². The molecule has 0 radical (unpaired) electrons. The van der Waals surface area contributed by atoms with Crippen molar-refractivity contribution in [1.29, 1.82) is 0 Å². The second-order valence-electron chi connectivity index (χ2n) is 6.10. The van der Waals surface area contributed by atoms with E-state index in [9.17, 15) is 0 Å². The number of fused-ring (bicyclic) bond motifs is 1. The Morgan fingerprint density at radius 1 is 1.21 bits per heavy atom. The molecule has 0 bridgehead atoms. The first-order chi connectivity index (χ1) is 9.24. The van der Waals surface area contributed by atoms with Crippen molar-refractivity contribution in [1.82, 2.24) is 5.32 Å². The van der Waals surface area contributed by atoms with Crippen LogP contribution in [0.5, 0.6) is 0 Å². The van der Waals surface area contributed by atoms with Crippen LogP contribution < -0.4 is 5.32 Å². The van der Waals surface area contributed by atoms with E-state index in [1.54, 1.807) is 0 Å². The van der Waals surface area contributed by atoms with Gasteiger partial charge in [-0.25, -0.2) is 0 Å². The van der Waals surface area contributed by atoms with E-state index in [2.05, 4.69) is 48.8 Å². The highest BCUT2D eigenvalue weighted by Crippen LogP contribution is 2.29. The lowest BCUT2D eigenvalue weighted by Crippen LogP contribution is -2.27. The van der Waals surface area contributed by atoms with Crippen molar-refractivity contribution in [2.24, 2.45) is 11.8 Å². The van der Waals surface area contributed by atoms with Gasteiger partial charge in [0, 0.05) is 10.7 Å². The zero-order valence-corrected chi connectivity index (χ0v) is 12.7. The van der Waals surface area contributed by atoms with Gasteiger partial charge >= 0.3 is 0 Å². The van der Waals surface area contributed by atoms with Crippen LogP contribution in [0.3, 0.4) is 0 Å². The van der Waals surface area contributed by atoms with Crippen LogP contribution in [0.4, 0.5) is 0 Å². The Hall–Kier alpha value is -0.860. The molecule has 1 saturated carbocycles. The van der Waals surface area contributed by atoms with E-state index in [0.717, 1.165) is 17.9 Å². The Bertz CT molecular complexity index is 541. The third kappa shape index (κ3) is 3.18. The van der Waals surface area contributed by atoms with Crippen LogP contribution in [-0.2, 0) is 6.42 Å². The highest BCUT2D eigenvalue weighted by molar-refractivity contribution is 7.17. The monoisotopic (exact) mass is 273 g/mol. The molecule has 19 heavy (non-hydrogen) atoms. The van der Waals surface area contributed by atoms with E-state index in [4.69, 9.17) is 0 Å². The molecule has 1 aromatic carbocycles. The molecule has 2 heteroatoms. The maximum absolute atomic E-state index is 3.66. The largest absolute Gasteiger partial charge is 0.314 e. The molecule has 1 aromatic heterocycles. The predicted octanol–water partition coefficient (Wildman–Crippen LogP) is 4.47. The summed E-state index contributed by atoms with van der Waals surface area (Å²) in [4.78, 5) is 0. The number of thiophene rings is 1.